The first kappa shape index (κ1) is 25.6. The standard InChI is InChI=1S/C17H25ClF2N4O2.HI/c1-4-11(2)24-15(25)7-8-22-17(21-3)23-10-12-9-13(18)5-6-14(12)26-16(19)20;/h5-6,9,11,16H,4,7-8,10H2,1-3H3,(H,24,25)(H2,21,22,23);1H. The van der Waals surface area contributed by atoms with Crippen LogP contribution in [0.4, 0.5) is 8.78 Å². The lowest BCUT2D eigenvalue weighted by molar-refractivity contribution is -0.121. The van der Waals surface area contributed by atoms with Gasteiger partial charge in [-0.25, -0.2) is 0 Å². The third-order valence-electron chi connectivity index (χ3n) is 3.57. The van der Waals surface area contributed by atoms with E-state index in [1.54, 1.807) is 13.1 Å². The van der Waals surface area contributed by atoms with Gasteiger partial charge in [0, 0.05) is 43.2 Å². The topological polar surface area (TPSA) is 74.8 Å². The Morgan fingerprint density at radius 1 is 1.33 bits per heavy atom. The zero-order valence-corrected chi connectivity index (χ0v) is 18.6. The number of ether oxygens (including phenoxy) is 1. The number of carbonyl (C=O) groups excluding carboxylic acids is 1. The van der Waals surface area contributed by atoms with Crippen LogP contribution in [-0.4, -0.2) is 38.1 Å². The van der Waals surface area contributed by atoms with Gasteiger partial charge in [0.15, 0.2) is 5.96 Å². The van der Waals surface area contributed by atoms with Crippen LogP contribution < -0.4 is 20.7 Å². The van der Waals surface area contributed by atoms with Gasteiger partial charge in [-0.3, -0.25) is 9.79 Å². The number of hydrogen-bond acceptors (Lipinski definition) is 3. The molecule has 0 aromatic heterocycles. The first-order chi connectivity index (χ1) is 12.3. The summed E-state index contributed by atoms with van der Waals surface area (Å²) in [5.41, 5.74) is 0.468. The molecule has 154 valence electrons. The Morgan fingerprint density at radius 2 is 2.04 bits per heavy atom. The molecule has 1 rings (SSSR count). The molecule has 1 atom stereocenters. The van der Waals surface area contributed by atoms with Crippen LogP contribution >= 0.6 is 35.6 Å². The molecule has 1 aromatic rings. The highest BCUT2D eigenvalue weighted by molar-refractivity contribution is 14.0. The fraction of sp³-hybridized carbons (Fsp3) is 0.529. The Bertz CT molecular complexity index is 621. The second kappa shape index (κ2) is 13.8. The lowest BCUT2D eigenvalue weighted by atomic mass is 10.2. The maximum Gasteiger partial charge on any atom is 0.387 e. The average molecular weight is 519 g/mol. The second-order valence-electron chi connectivity index (χ2n) is 5.61. The number of carbonyl (C=O) groups is 1. The summed E-state index contributed by atoms with van der Waals surface area (Å²) in [4.78, 5) is 15.8. The van der Waals surface area contributed by atoms with E-state index < -0.39 is 6.61 Å². The van der Waals surface area contributed by atoms with Gasteiger partial charge in [0.2, 0.25) is 5.91 Å². The minimum atomic E-state index is -2.92. The summed E-state index contributed by atoms with van der Waals surface area (Å²) in [6.45, 7) is 1.59. The van der Waals surface area contributed by atoms with Crippen LogP contribution in [0.25, 0.3) is 0 Å². The van der Waals surface area contributed by atoms with Gasteiger partial charge in [-0.05, 0) is 31.5 Å². The molecule has 10 heteroatoms. The Hall–Kier alpha value is -1.36. The summed E-state index contributed by atoms with van der Waals surface area (Å²) in [5.74, 6) is 0.425. The van der Waals surface area contributed by atoms with Crippen LogP contribution in [0.5, 0.6) is 5.75 Å². The summed E-state index contributed by atoms with van der Waals surface area (Å²) in [6.07, 6.45) is 1.16. The number of aliphatic imine (C=N–C) groups is 1. The summed E-state index contributed by atoms with van der Waals surface area (Å²) in [5, 5.41) is 9.25. The number of nitrogens with zero attached hydrogens (tertiary/aromatic N) is 1. The van der Waals surface area contributed by atoms with Crippen molar-refractivity contribution < 1.29 is 18.3 Å². The van der Waals surface area contributed by atoms with Gasteiger partial charge >= 0.3 is 6.61 Å². The molecule has 0 aliphatic carbocycles. The van der Waals surface area contributed by atoms with Crippen LogP contribution in [0.15, 0.2) is 23.2 Å². The van der Waals surface area contributed by atoms with Crippen molar-refractivity contribution in [1.29, 1.82) is 0 Å². The SMILES string of the molecule is CCC(C)NC(=O)CCNC(=NC)NCc1cc(Cl)ccc1OC(F)F.I. The van der Waals surface area contributed by atoms with Gasteiger partial charge in [-0.1, -0.05) is 18.5 Å². The highest BCUT2D eigenvalue weighted by Gasteiger charge is 2.11. The zero-order valence-electron chi connectivity index (χ0n) is 15.5. The third kappa shape index (κ3) is 10.5. The van der Waals surface area contributed by atoms with Crippen molar-refractivity contribution in [2.45, 2.75) is 45.9 Å². The molecule has 6 nitrogen and oxygen atoms in total. The van der Waals surface area contributed by atoms with Crippen LogP contribution in [0.3, 0.4) is 0 Å². The smallest absolute Gasteiger partial charge is 0.387 e. The van der Waals surface area contributed by atoms with Gasteiger partial charge in [0.25, 0.3) is 0 Å². The zero-order chi connectivity index (χ0) is 19.5. The number of nitrogens with one attached hydrogen (secondary N) is 3. The predicted octanol–water partition coefficient (Wildman–Crippen LogP) is 3.53. The normalized spacial score (nSPS) is 12.2. The van der Waals surface area contributed by atoms with Crippen molar-refractivity contribution in [2.75, 3.05) is 13.6 Å². The quantitative estimate of drug-likeness (QED) is 0.266. The van der Waals surface area contributed by atoms with E-state index in [0.29, 0.717) is 29.5 Å². The van der Waals surface area contributed by atoms with Gasteiger partial charge in [-0.2, -0.15) is 8.78 Å². The Balaban J connectivity index is 0.00000676. The lowest BCUT2D eigenvalue weighted by Crippen LogP contribution is -2.40. The van der Waals surface area contributed by atoms with E-state index in [0.717, 1.165) is 6.42 Å². The van der Waals surface area contributed by atoms with E-state index in [4.69, 9.17) is 11.6 Å². The van der Waals surface area contributed by atoms with Crippen LogP contribution in [0.1, 0.15) is 32.3 Å². The molecule has 0 aliphatic heterocycles. The molecule has 0 saturated carbocycles. The average Bonchev–Trinajstić information content (AvgIpc) is 2.59. The molecule has 1 aromatic carbocycles. The molecular formula is C17H26ClF2IN4O2. The van der Waals surface area contributed by atoms with Crippen LogP contribution in [-0.2, 0) is 11.3 Å². The Morgan fingerprint density at radius 3 is 2.63 bits per heavy atom. The molecule has 0 radical (unpaired) electrons. The number of halogens is 4. The van der Waals surface area contributed by atoms with Crippen LogP contribution in [0.2, 0.25) is 5.02 Å². The van der Waals surface area contributed by atoms with Crippen molar-refractivity contribution in [1.82, 2.24) is 16.0 Å². The number of benzene rings is 1. The minimum Gasteiger partial charge on any atom is -0.434 e. The largest absolute Gasteiger partial charge is 0.434 e. The summed E-state index contributed by atoms with van der Waals surface area (Å²) >= 11 is 5.91. The summed E-state index contributed by atoms with van der Waals surface area (Å²) in [7, 11) is 1.57. The highest BCUT2D eigenvalue weighted by atomic mass is 127. The van der Waals surface area contributed by atoms with Crippen molar-refractivity contribution >= 4 is 47.4 Å². The first-order valence-corrected chi connectivity index (χ1v) is 8.70. The monoisotopic (exact) mass is 518 g/mol. The minimum absolute atomic E-state index is 0. The van der Waals surface area contributed by atoms with Crippen molar-refractivity contribution in [3.05, 3.63) is 28.8 Å². The van der Waals surface area contributed by atoms with E-state index in [2.05, 4.69) is 25.7 Å². The van der Waals surface area contributed by atoms with Gasteiger partial charge < -0.3 is 20.7 Å². The number of hydrogen-bond donors (Lipinski definition) is 3. The molecule has 27 heavy (non-hydrogen) atoms. The van der Waals surface area contributed by atoms with E-state index in [1.807, 2.05) is 13.8 Å². The fourth-order valence-corrected chi connectivity index (χ4v) is 2.23. The van der Waals surface area contributed by atoms with Crippen molar-refractivity contribution in [3.63, 3.8) is 0 Å². The molecular weight excluding hydrogens is 493 g/mol. The first-order valence-electron chi connectivity index (χ1n) is 8.32. The third-order valence-corrected chi connectivity index (χ3v) is 3.81. The summed E-state index contributed by atoms with van der Waals surface area (Å²) < 4.78 is 29.4. The van der Waals surface area contributed by atoms with Crippen molar-refractivity contribution in [3.8, 4) is 5.75 Å². The van der Waals surface area contributed by atoms with E-state index in [-0.39, 0.29) is 48.2 Å². The Labute approximate surface area is 180 Å². The van der Waals surface area contributed by atoms with E-state index in [1.165, 1.54) is 12.1 Å². The number of guanidine groups is 1. The molecule has 0 heterocycles. The van der Waals surface area contributed by atoms with E-state index >= 15 is 0 Å². The number of amides is 1. The van der Waals surface area contributed by atoms with Crippen LogP contribution in [0, 0.1) is 0 Å². The fourth-order valence-electron chi connectivity index (χ4n) is 2.04. The maximum atomic E-state index is 12.5. The van der Waals surface area contributed by atoms with Crippen molar-refractivity contribution in [2.24, 2.45) is 4.99 Å². The molecule has 0 spiro atoms. The highest BCUT2D eigenvalue weighted by Crippen LogP contribution is 2.24. The molecule has 1 unspecified atom stereocenters. The molecule has 1 amide bonds. The molecule has 0 saturated heterocycles. The lowest BCUT2D eigenvalue weighted by Gasteiger charge is -2.15. The van der Waals surface area contributed by atoms with E-state index in [9.17, 15) is 13.6 Å². The van der Waals surface area contributed by atoms with Gasteiger partial charge in [-0.15, -0.1) is 24.0 Å². The Kier molecular flexibility index (Phi) is 13.1. The molecule has 0 fully saturated rings. The molecule has 0 bridgehead atoms. The summed E-state index contributed by atoms with van der Waals surface area (Å²) in [6, 6.07) is 4.54. The molecule has 0 aliphatic rings. The molecule has 3 N–H and O–H groups in total. The second-order valence-corrected chi connectivity index (χ2v) is 6.05. The van der Waals surface area contributed by atoms with Gasteiger partial charge in [0.05, 0.1) is 0 Å². The number of alkyl halides is 2. The number of rotatable bonds is 9. The van der Waals surface area contributed by atoms with Gasteiger partial charge in [0.1, 0.15) is 5.75 Å². The predicted molar refractivity (Wildman–Crippen MR) is 114 cm³/mol. The maximum absolute atomic E-state index is 12.5.